The molecule has 21 heavy (non-hydrogen) atoms. The third-order valence-corrected chi connectivity index (χ3v) is 3.69. The van der Waals surface area contributed by atoms with Gasteiger partial charge in [-0.15, -0.1) is 0 Å². The average Bonchev–Trinajstić information content (AvgIpc) is 2.44. The highest BCUT2D eigenvalue weighted by atomic mass is 35.5. The second kappa shape index (κ2) is 6.59. The number of anilines is 1. The van der Waals surface area contributed by atoms with Gasteiger partial charge in [0.15, 0.2) is 5.78 Å². The van der Waals surface area contributed by atoms with Crippen molar-refractivity contribution in [1.82, 2.24) is 0 Å². The van der Waals surface area contributed by atoms with E-state index in [9.17, 15) is 4.79 Å². The molecule has 0 saturated carbocycles. The number of nitrogens with one attached hydrogen (secondary N) is 1. The van der Waals surface area contributed by atoms with Gasteiger partial charge in [-0.05, 0) is 38.5 Å². The summed E-state index contributed by atoms with van der Waals surface area (Å²) in [4.78, 5) is 12.2. The summed E-state index contributed by atoms with van der Waals surface area (Å²) in [7, 11) is 0. The van der Waals surface area contributed by atoms with Crippen LogP contribution < -0.4 is 5.32 Å². The molecule has 3 heteroatoms. The summed E-state index contributed by atoms with van der Waals surface area (Å²) < 4.78 is 0. The molecule has 0 unspecified atom stereocenters. The van der Waals surface area contributed by atoms with E-state index in [2.05, 4.69) is 5.32 Å². The Kier molecular flexibility index (Phi) is 4.81. The van der Waals surface area contributed by atoms with Gasteiger partial charge in [0.05, 0.1) is 0 Å². The lowest BCUT2D eigenvalue weighted by Gasteiger charge is -2.10. The Labute approximate surface area is 130 Å². The van der Waals surface area contributed by atoms with E-state index in [-0.39, 0.29) is 5.78 Å². The number of ketones is 1. The van der Waals surface area contributed by atoms with Crippen LogP contribution in [0.3, 0.4) is 0 Å². The number of rotatable bonds is 4. The summed E-state index contributed by atoms with van der Waals surface area (Å²) >= 11 is 6.09. The molecule has 2 aromatic rings. The van der Waals surface area contributed by atoms with Crippen molar-refractivity contribution in [3.63, 3.8) is 0 Å². The van der Waals surface area contributed by atoms with Gasteiger partial charge in [0.2, 0.25) is 0 Å². The number of benzene rings is 2. The minimum atomic E-state index is -0.0142. The lowest BCUT2D eigenvalue weighted by Crippen LogP contribution is -2.02. The first-order chi connectivity index (χ1) is 9.97. The zero-order chi connectivity index (χ0) is 15.4. The molecule has 2 nitrogen and oxygen atoms in total. The van der Waals surface area contributed by atoms with Crippen LogP contribution >= 0.6 is 11.6 Å². The van der Waals surface area contributed by atoms with E-state index in [0.29, 0.717) is 10.6 Å². The third-order valence-electron chi connectivity index (χ3n) is 3.28. The topological polar surface area (TPSA) is 29.1 Å². The standard InChI is InChI=1S/C18H18ClNO/c1-12-7-9-15(10-8-12)18(21)11-13(2)20-17-6-4-5-16(19)14(17)3/h4-11,20H,1-3H3/b13-11+. The van der Waals surface area contributed by atoms with E-state index in [0.717, 1.165) is 22.5 Å². The van der Waals surface area contributed by atoms with Crippen LogP contribution in [0.25, 0.3) is 0 Å². The Balaban J connectivity index is 2.15. The van der Waals surface area contributed by atoms with Crippen molar-refractivity contribution in [2.45, 2.75) is 20.8 Å². The predicted molar refractivity (Wildman–Crippen MR) is 89.1 cm³/mol. The van der Waals surface area contributed by atoms with E-state index in [1.165, 1.54) is 0 Å². The lowest BCUT2D eigenvalue weighted by atomic mass is 10.1. The van der Waals surface area contributed by atoms with Crippen molar-refractivity contribution in [1.29, 1.82) is 0 Å². The van der Waals surface area contributed by atoms with Crippen LogP contribution in [0.4, 0.5) is 5.69 Å². The monoisotopic (exact) mass is 299 g/mol. The van der Waals surface area contributed by atoms with E-state index >= 15 is 0 Å². The van der Waals surface area contributed by atoms with E-state index < -0.39 is 0 Å². The molecule has 2 rings (SSSR count). The molecule has 1 N–H and O–H groups in total. The summed E-state index contributed by atoms with van der Waals surface area (Å²) in [5, 5.41) is 3.93. The third kappa shape index (κ3) is 3.96. The van der Waals surface area contributed by atoms with Gasteiger partial charge < -0.3 is 5.32 Å². The average molecular weight is 300 g/mol. The molecule has 0 amide bonds. The number of carbonyl (C=O) groups is 1. The van der Waals surface area contributed by atoms with Crippen LogP contribution in [0.1, 0.15) is 28.4 Å². The van der Waals surface area contributed by atoms with Gasteiger partial charge in [0.1, 0.15) is 0 Å². The van der Waals surface area contributed by atoms with Crippen molar-refractivity contribution in [2.24, 2.45) is 0 Å². The van der Waals surface area contributed by atoms with Gasteiger partial charge >= 0.3 is 0 Å². The number of halogens is 1. The highest BCUT2D eigenvalue weighted by Crippen LogP contribution is 2.24. The molecule has 0 saturated heterocycles. The van der Waals surface area contributed by atoms with Gasteiger partial charge in [0, 0.05) is 28.0 Å². The molecule has 2 aromatic carbocycles. The van der Waals surface area contributed by atoms with Crippen LogP contribution in [0.2, 0.25) is 5.02 Å². The molecule has 0 aliphatic rings. The lowest BCUT2D eigenvalue weighted by molar-refractivity contribution is 0.104. The molecule has 0 aliphatic heterocycles. The fraction of sp³-hybridized carbons (Fsp3) is 0.167. The normalized spacial score (nSPS) is 11.3. The molecule has 0 atom stereocenters. The molecule has 0 aromatic heterocycles. The van der Waals surface area contributed by atoms with E-state index in [1.54, 1.807) is 6.08 Å². The van der Waals surface area contributed by atoms with Crippen LogP contribution in [0.5, 0.6) is 0 Å². The first-order valence-electron chi connectivity index (χ1n) is 6.79. The van der Waals surface area contributed by atoms with Crippen molar-refractivity contribution < 1.29 is 4.79 Å². The number of hydrogen-bond acceptors (Lipinski definition) is 2. The van der Waals surface area contributed by atoms with Crippen molar-refractivity contribution in [3.05, 3.63) is 76.0 Å². The van der Waals surface area contributed by atoms with Crippen LogP contribution in [-0.4, -0.2) is 5.78 Å². The van der Waals surface area contributed by atoms with Crippen LogP contribution in [0, 0.1) is 13.8 Å². The van der Waals surface area contributed by atoms with Gasteiger partial charge in [-0.25, -0.2) is 0 Å². The van der Waals surface area contributed by atoms with Crippen molar-refractivity contribution in [3.8, 4) is 0 Å². The highest BCUT2D eigenvalue weighted by molar-refractivity contribution is 6.31. The summed E-state index contributed by atoms with van der Waals surface area (Å²) in [6.45, 7) is 5.81. The largest absolute Gasteiger partial charge is 0.359 e. The first-order valence-corrected chi connectivity index (χ1v) is 7.16. The van der Waals surface area contributed by atoms with Gasteiger partial charge in [0.25, 0.3) is 0 Å². The SMILES string of the molecule is C/C(=C\C(=O)c1ccc(C)cc1)Nc1cccc(Cl)c1C. The molecular formula is C18H18ClNO. The Hall–Kier alpha value is -2.06. The Morgan fingerprint density at radius 1 is 1.10 bits per heavy atom. The minimum absolute atomic E-state index is 0.0142. The zero-order valence-electron chi connectivity index (χ0n) is 12.4. The number of allylic oxidation sites excluding steroid dienone is 2. The molecular weight excluding hydrogens is 282 g/mol. The Morgan fingerprint density at radius 3 is 2.43 bits per heavy atom. The van der Waals surface area contributed by atoms with Crippen molar-refractivity contribution >= 4 is 23.1 Å². The van der Waals surface area contributed by atoms with Crippen molar-refractivity contribution in [2.75, 3.05) is 5.32 Å². The summed E-state index contributed by atoms with van der Waals surface area (Å²) in [5.41, 5.74) is 4.48. The summed E-state index contributed by atoms with van der Waals surface area (Å²) in [5.74, 6) is -0.0142. The van der Waals surface area contributed by atoms with Gasteiger partial charge in [-0.2, -0.15) is 0 Å². The minimum Gasteiger partial charge on any atom is -0.359 e. The molecule has 0 heterocycles. The zero-order valence-corrected chi connectivity index (χ0v) is 13.2. The fourth-order valence-corrected chi connectivity index (χ4v) is 2.16. The number of aryl methyl sites for hydroxylation is 1. The molecule has 0 radical (unpaired) electrons. The maximum Gasteiger partial charge on any atom is 0.187 e. The molecule has 0 aliphatic carbocycles. The summed E-state index contributed by atoms with van der Waals surface area (Å²) in [6, 6.07) is 13.2. The smallest absolute Gasteiger partial charge is 0.187 e. The second-order valence-electron chi connectivity index (χ2n) is 5.10. The number of carbonyl (C=O) groups excluding carboxylic acids is 1. The van der Waals surface area contributed by atoms with Crippen LogP contribution in [0.15, 0.2) is 54.2 Å². The molecule has 0 bridgehead atoms. The Morgan fingerprint density at radius 2 is 1.76 bits per heavy atom. The molecule has 0 fully saturated rings. The number of hydrogen-bond donors (Lipinski definition) is 1. The highest BCUT2D eigenvalue weighted by Gasteiger charge is 2.05. The Bertz CT molecular complexity index is 687. The molecule has 0 spiro atoms. The predicted octanol–water partition coefficient (Wildman–Crippen LogP) is 5.16. The fourth-order valence-electron chi connectivity index (χ4n) is 1.99. The quantitative estimate of drug-likeness (QED) is 0.624. The van der Waals surface area contributed by atoms with E-state index in [1.807, 2.05) is 63.2 Å². The summed E-state index contributed by atoms with van der Waals surface area (Å²) in [6.07, 6.45) is 1.60. The van der Waals surface area contributed by atoms with Gasteiger partial charge in [-0.3, -0.25) is 4.79 Å². The maximum atomic E-state index is 12.2. The van der Waals surface area contributed by atoms with Gasteiger partial charge in [-0.1, -0.05) is 47.5 Å². The second-order valence-corrected chi connectivity index (χ2v) is 5.50. The maximum absolute atomic E-state index is 12.2. The van der Waals surface area contributed by atoms with E-state index in [4.69, 9.17) is 11.6 Å². The first kappa shape index (κ1) is 15.3. The molecule has 108 valence electrons. The van der Waals surface area contributed by atoms with Crippen LogP contribution in [-0.2, 0) is 0 Å².